The van der Waals surface area contributed by atoms with Crippen LogP contribution in [0, 0.1) is 0 Å². The van der Waals surface area contributed by atoms with Crippen LogP contribution >= 0.6 is 0 Å². The van der Waals surface area contributed by atoms with Gasteiger partial charge in [0.15, 0.2) is 0 Å². The first-order valence-corrected chi connectivity index (χ1v) is 12.0. The Balaban J connectivity index is 1.44. The highest BCUT2D eigenvalue weighted by molar-refractivity contribution is 7.88. The zero-order valence-corrected chi connectivity index (χ0v) is 19.4. The summed E-state index contributed by atoms with van der Waals surface area (Å²) in [5.41, 5.74) is 2.93. The molecular weight excluding hydrogens is 458 g/mol. The summed E-state index contributed by atoms with van der Waals surface area (Å²) in [6.07, 6.45) is 5.49. The number of aromatic nitrogens is 3. The summed E-state index contributed by atoms with van der Waals surface area (Å²) in [5, 5.41) is 3.95. The fourth-order valence-corrected chi connectivity index (χ4v) is 4.56. The Labute approximate surface area is 197 Å². The van der Waals surface area contributed by atoms with Crippen molar-refractivity contribution in [1.82, 2.24) is 24.7 Å². The lowest BCUT2D eigenvalue weighted by molar-refractivity contribution is 0.0600. The number of carbonyl (C=O) groups excluding carboxylic acids is 1. The van der Waals surface area contributed by atoms with E-state index in [2.05, 4.69) is 24.6 Å². The van der Waals surface area contributed by atoms with Crippen LogP contribution in [0.3, 0.4) is 0 Å². The van der Waals surface area contributed by atoms with E-state index in [1.807, 2.05) is 24.0 Å². The standard InChI is InChI=1S/C23H23N5O5S/c1-16-8-10-19(27-34(30,31)15-17-6-4-3-5-7-17)13-28(16)14-21-25-22(26-33-21)20-11-9-18(12-24-20)23(29)32-2/h3-9,11-13,27H,10,14-15H2,1-2H3. The van der Waals surface area contributed by atoms with E-state index in [0.717, 1.165) is 5.70 Å². The molecule has 3 aromatic rings. The van der Waals surface area contributed by atoms with E-state index in [9.17, 15) is 13.2 Å². The number of hydrogen-bond donors (Lipinski definition) is 1. The van der Waals surface area contributed by atoms with Crippen molar-refractivity contribution in [2.75, 3.05) is 7.11 Å². The number of methoxy groups -OCH3 is 1. The maximum absolute atomic E-state index is 12.6. The number of ether oxygens (including phenoxy) is 1. The van der Waals surface area contributed by atoms with Crippen molar-refractivity contribution in [1.29, 1.82) is 0 Å². The molecule has 0 bridgehead atoms. The minimum absolute atomic E-state index is 0.108. The summed E-state index contributed by atoms with van der Waals surface area (Å²) < 4.78 is 37.9. The number of benzene rings is 1. The van der Waals surface area contributed by atoms with Crippen molar-refractivity contribution in [2.24, 2.45) is 0 Å². The van der Waals surface area contributed by atoms with Crippen LogP contribution in [0.5, 0.6) is 0 Å². The maximum atomic E-state index is 12.6. The van der Waals surface area contributed by atoms with Crippen molar-refractivity contribution in [3.05, 3.63) is 89.3 Å². The van der Waals surface area contributed by atoms with Crippen LogP contribution in [0.15, 0.2) is 76.9 Å². The highest BCUT2D eigenvalue weighted by atomic mass is 32.2. The maximum Gasteiger partial charge on any atom is 0.339 e. The van der Waals surface area contributed by atoms with Crippen LogP contribution in [0.1, 0.15) is 35.2 Å². The lowest BCUT2D eigenvalue weighted by atomic mass is 10.2. The molecule has 3 heterocycles. The molecule has 0 atom stereocenters. The third-order valence-electron chi connectivity index (χ3n) is 5.06. The summed E-state index contributed by atoms with van der Waals surface area (Å²) >= 11 is 0. The average Bonchev–Trinajstić information content (AvgIpc) is 3.29. The van der Waals surface area contributed by atoms with Gasteiger partial charge in [0.25, 0.3) is 0 Å². The van der Waals surface area contributed by atoms with Gasteiger partial charge in [-0.2, -0.15) is 4.98 Å². The molecule has 2 aromatic heterocycles. The van der Waals surface area contributed by atoms with Crippen molar-refractivity contribution in [3.63, 3.8) is 0 Å². The van der Waals surface area contributed by atoms with Gasteiger partial charge in [0.2, 0.25) is 21.7 Å². The topological polar surface area (TPSA) is 128 Å². The molecule has 11 heteroatoms. The predicted octanol–water partition coefficient (Wildman–Crippen LogP) is 2.99. The lowest BCUT2D eigenvalue weighted by Gasteiger charge is -2.25. The molecule has 0 aliphatic carbocycles. The number of esters is 1. The van der Waals surface area contributed by atoms with Crippen LogP contribution in [0.2, 0.25) is 0 Å². The number of carbonyl (C=O) groups is 1. The van der Waals surface area contributed by atoms with Crippen LogP contribution in [0.25, 0.3) is 11.5 Å². The van der Waals surface area contributed by atoms with Crippen LogP contribution in [-0.2, 0) is 27.1 Å². The van der Waals surface area contributed by atoms with Crippen molar-refractivity contribution in [3.8, 4) is 11.5 Å². The number of hydrogen-bond acceptors (Lipinski definition) is 9. The summed E-state index contributed by atoms with van der Waals surface area (Å²) in [7, 11) is -2.26. The summed E-state index contributed by atoms with van der Waals surface area (Å²) in [6.45, 7) is 2.16. The van der Waals surface area contributed by atoms with Gasteiger partial charge >= 0.3 is 5.97 Å². The normalized spacial score (nSPS) is 13.8. The highest BCUT2D eigenvalue weighted by Crippen LogP contribution is 2.21. The molecule has 0 saturated carbocycles. The molecule has 0 fully saturated rings. The summed E-state index contributed by atoms with van der Waals surface area (Å²) in [6, 6.07) is 12.2. The fraction of sp³-hybridized carbons (Fsp3) is 0.217. The Kier molecular flexibility index (Phi) is 6.73. The van der Waals surface area contributed by atoms with E-state index in [1.54, 1.807) is 42.6 Å². The van der Waals surface area contributed by atoms with Crippen molar-refractivity contribution in [2.45, 2.75) is 25.6 Å². The first-order chi connectivity index (χ1) is 16.3. The van der Waals surface area contributed by atoms with Crippen molar-refractivity contribution >= 4 is 16.0 Å². The van der Waals surface area contributed by atoms with E-state index >= 15 is 0 Å². The van der Waals surface area contributed by atoms with Gasteiger partial charge in [-0.15, -0.1) is 0 Å². The summed E-state index contributed by atoms with van der Waals surface area (Å²) in [4.78, 5) is 21.9. The molecule has 0 saturated heterocycles. The van der Waals surface area contributed by atoms with Crippen LogP contribution in [0.4, 0.5) is 0 Å². The van der Waals surface area contributed by atoms with Gasteiger partial charge in [0.1, 0.15) is 12.2 Å². The molecule has 1 aromatic carbocycles. The lowest BCUT2D eigenvalue weighted by Crippen LogP contribution is -2.28. The van der Waals surface area contributed by atoms with Gasteiger partial charge < -0.3 is 14.2 Å². The molecular formula is C23H23N5O5S. The molecule has 1 aliphatic heterocycles. The number of sulfonamides is 1. The number of nitrogens with zero attached hydrogens (tertiary/aromatic N) is 4. The Morgan fingerprint density at radius 1 is 1.21 bits per heavy atom. The first kappa shape index (κ1) is 23.2. The Morgan fingerprint density at radius 2 is 2.00 bits per heavy atom. The van der Waals surface area contributed by atoms with Gasteiger partial charge in [0.05, 0.1) is 18.4 Å². The minimum Gasteiger partial charge on any atom is -0.465 e. The van der Waals surface area contributed by atoms with E-state index < -0.39 is 16.0 Å². The highest BCUT2D eigenvalue weighted by Gasteiger charge is 2.19. The average molecular weight is 482 g/mol. The third kappa shape index (κ3) is 5.67. The molecule has 4 rings (SSSR count). The Bertz CT molecular complexity index is 1330. The van der Waals surface area contributed by atoms with Crippen LogP contribution in [-0.4, -0.2) is 41.5 Å². The third-order valence-corrected chi connectivity index (χ3v) is 6.34. The van der Waals surface area contributed by atoms with E-state index in [0.29, 0.717) is 34.8 Å². The zero-order chi connectivity index (χ0) is 24.1. The molecule has 0 spiro atoms. The molecule has 0 amide bonds. The number of rotatable bonds is 8. The smallest absolute Gasteiger partial charge is 0.339 e. The second-order valence-electron chi connectivity index (χ2n) is 7.61. The van der Waals surface area contributed by atoms with Crippen molar-refractivity contribution < 1.29 is 22.5 Å². The Morgan fingerprint density at radius 3 is 2.71 bits per heavy atom. The second kappa shape index (κ2) is 9.87. The van der Waals surface area contributed by atoms with Gasteiger partial charge in [-0.3, -0.25) is 9.71 Å². The van der Waals surface area contributed by atoms with Crippen LogP contribution < -0.4 is 4.72 Å². The number of pyridine rings is 1. The number of nitrogens with one attached hydrogen (secondary N) is 1. The number of allylic oxidation sites excluding steroid dienone is 2. The van der Waals surface area contributed by atoms with Gasteiger partial charge in [-0.05, 0) is 24.6 Å². The quantitative estimate of drug-likeness (QED) is 0.483. The van der Waals surface area contributed by atoms with Gasteiger partial charge in [-0.25, -0.2) is 13.2 Å². The molecule has 176 valence electrons. The fourth-order valence-electron chi connectivity index (χ4n) is 3.32. The first-order valence-electron chi connectivity index (χ1n) is 10.4. The monoisotopic (exact) mass is 481 g/mol. The van der Waals surface area contributed by atoms with E-state index in [4.69, 9.17) is 4.52 Å². The Hall–Kier alpha value is -3.99. The predicted molar refractivity (Wildman–Crippen MR) is 123 cm³/mol. The second-order valence-corrected chi connectivity index (χ2v) is 9.34. The molecule has 1 aliphatic rings. The van der Waals surface area contributed by atoms with E-state index in [1.165, 1.54) is 13.3 Å². The molecule has 1 N–H and O–H groups in total. The minimum atomic E-state index is -3.56. The van der Waals surface area contributed by atoms with Gasteiger partial charge in [-0.1, -0.05) is 41.6 Å². The largest absolute Gasteiger partial charge is 0.465 e. The zero-order valence-electron chi connectivity index (χ0n) is 18.6. The molecule has 0 unspecified atom stereocenters. The molecule has 10 nitrogen and oxygen atoms in total. The SMILES string of the molecule is COC(=O)c1ccc(-c2noc(CN3C=C(NS(=O)(=O)Cc4ccccc4)CC=C3C)n2)nc1. The van der Waals surface area contributed by atoms with Gasteiger partial charge in [0, 0.05) is 30.2 Å². The summed E-state index contributed by atoms with van der Waals surface area (Å²) in [5.74, 6) is 0.00844. The molecule has 34 heavy (non-hydrogen) atoms. The molecule has 0 radical (unpaired) electrons. The van der Waals surface area contributed by atoms with E-state index in [-0.39, 0.29) is 18.1 Å².